The Morgan fingerprint density at radius 1 is 1.22 bits per heavy atom. The fraction of sp³-hybridized carbons (Fsp3) is 0.429. The number of hydrogen-bond acceptors (Lipinski definition) is 3. The maximum atomic E-state index is 5.95. The first-order valence-electron chi connectivity index (χ1n) is 6.63. The lowest BCUT2D eigenvalue weighted by Crippen LogP contribution is -2.57. The van der Waals surface area contributed by atoms with Gasteiger partial charge in [0, 0.05) is 48.8 Å². The minimum atomic E-state index is 0.579. The van der Waals surface area contributed by atoms with E-state index in [2.05, 4.69) is 34.1 Å². The Labute approximate surface area is 106 Å². The topological polar surface area (TPSA) is 48.3 Å². The molecule has 4 rings (SSSR count). The first kappa shape index (κ1) is 10.6. The number of para-hydroxylation sites is 1. The second-order valence-corrected chi connectivity index (χ2v) is 5.45. The predicted octanol–water partition coefficient (Wildman–Crippen LogP) is 1.08. The van der Waals surface area contributed by atoms with Crippen molar-refractivity contribution in [2.75, 3.05) is 19.6 Å². The maximum absolute atomic E-state index is 5.95. The third-order valence-corrected chi connectivity index (χ3v) is 4.34. The molecule has 0 amide bonds. The minimum absolute atomic E-state index is 0.579. The molecule has 4 heteroatoms. The van der Waals surface area contributed by atoms with Gasteiger partial charge in [-0.15, -0.1) is 0 Å². The smallest absolute Gasteiger partial charge is 0.0459 e. The van der Waals surface area contributed by atoms with Gasteiger partial charge < -0.3 is 4.98 Å². The summed E-state index contributed by atoms with van der Waals surface area (Å²) in [7, 11) is 0. The van der Waals surface area contributed by atoms with Crippen LogP contribution in [-0.4, -0.2) is 40.6 Å². The van der Waals surface area contributed by atoms with Crippen molar-refractivity contribution in [1.82, 2.24) is 14.9 Å². The lowest BCUT2D eigenvalue weighted by molar-refractivity contribution is 0.0602. The molecule has 3 heterocycles. The van der Waals surface area contributed by atoms with Crippen molar-refractivity contribution in [2.24, 2.45) is 5.84 Å². The molecule has 1 fully saturated rings. The molecule has 2 aromatic rings. The summed E-state index contributed by atoms with van der Waals surface area (Å²) in [5.74, 6) is 5.95. The summed E-state index contributed by atoms with van der Waals surface area (Å²) in [6, 6.07) is 9.19. The van der Waals surface area contributed by atoms with E-state index in [0.717, 1.165) is 32.6 Å². The zero-order valence-corrected chi connectivity index (χ0v) is 10.4. The van der Waals surface area contributed by atoms with Gasteiger partial charge in [0.15, 0.2) is 0 Å². The number of piperazine rings is 1. The third-order valence-electron chi connectivity index (χ3n) is 4.34. The van der Waals surface area contributed by atoms with Crippen molar-refractivity contribution < 1.29 is 0 Å². The summed E-state index contributed by atoms with van der Waals surface area (Å²) in [5.41, 5.74) is 4.17. The van der Waals surface area contributed by atoms with Gasteiger partial charge in [0.25, 0.3) is 0 Å². The summed E-state index contributed by atoms with van der Waals surface area (Å²) in [6.07, 6.45) is 1.12. The number of hydrazine groups is 1. The second kappa shape index (κ2) is 3.82. The van der Waals surface area contributed by atoms with E-state index in [9.17, 15) is 0 Å². The van der Waals surface area contributed by atoms with Gasteiger partial charge in [0.1, 0.15) is 0 Å². The van der Waals surface area contributed by atoms with Gasteiger partial charge in [-0.1, -0.05) is 18.2 Å². The van der Waals surface area contributed by atoms with Gasteiger partial charge in [-0.05, 0) is 18.1 Å². The van der Waals surface area contributed by atoms with E-state index >= 15 is 0 Å². The molecule has 2 aliphatic rings. The average molecular weight is 242 g/mol. The van der Waals surface area contributed by atoms with Crippen LogP contribution in [0, 0.1) is 0 Å². The third kappa shape index (κ3) is 1.50. The quantitative estimate of drug-likeness (QED) is 0.680. The Kier molecular flexibility index (Phi) is 2.24. The zero-order valence-electron chi connectivity index (χ0n) is 10.4. The molecule has 94 valence electrons. The highest BCUT2D eigenvalue weighted by Gasteiger charge is 2.32. The number of fused-ring (bicyclic) bond motifs is 4. The molecule has 0 aliphatic carbocycles. The molecule has 1 aromatic carbocycles. The van der Waals surface area contributed by atoms with Crippen molar-refractivity contribution in [2.45, 2.75) is 19.0 Å². The molecule has 1 unspecified atom stereocenters. The van der Waals surface area contributed by atoms with E-state index in [1.807, 2.05) is 5.01 Å². The van der Waals surface area contributed by atoms with Crippen molar-refractivity contribution in [3.63, 3.8) is 0 Å². The van der Waals surface area contributed by atoms with Crippen molar-refractivity contribution in [1.29, 1.82) is 0 Å². The van der Waals surface area contributed by atoms with Gasteiger partial charge in [-0.25, -0.2) is 5.01 Å². The molecule has 3 N–H and O–H groups in total. The number of rotatable bonds is 0. The zero-order chi connectivity index (χ0) is 12.1. The number of nitrogens with one attached hydrogen (secondary N) is 1. The first-order valence-corrected chi connectivity index (χ1v) is 6.63. The number of H-pyrrole nitrogens is 1. The summed E-state index contributed by atoms with van der Waals surface area (Å²) in [6.45, 7) is 4.09. The Balaban J connectivity index is 1.78. The van der Waals surface area contributed by atoms with Crippen LogP contribution in [0.4, 0.5) is 0 Å². The van der Waals surface area contributed by atoms with Crippen LogP contribution in [0.3, 0.4) is 0 Å². The van der Waals surface area contributed by atoms with E-state index in [4.69, 9.17) is 5.84 Å². The average Bonchev–Trinajstić information content (AvgIpc) is 2.74. The number of nitrogens with zero attached hydrogens (tertiary/aromatic N) is 2. The molecule has 4 nitrogen and oxygen atoms in total. The molecule has 0 spiro atoms. The number of aromatic amines is 1. The van der Waals surface area contributed by atoms with Crippen LogP contribution in [0.25, 0.3) is 10.9 Å². The summed E-state index contributed by atoms with van der Waals surface area (Å²) in [4.78, 5) is 6.13. The first-order chi connectivity index (χ1) is 8.81. The number of nitrogens with two attached hydrogens (primary N) is 1. The van der Waals surface area contributed by atoms with E-state index in [0.29, 0.717) is 6.04 Å². The normalized spacial score (nSPS) is 25.1. The number of benzene rings is 1. The maximum Gasteiger partial charge on any atom is 0.0459 e. The van der Waals surface area contributed by atoms with Gasteiger partial charge in [0.2, 0.25) is 0 Å². The summed E-state index contributed by atoms with van der Waals surface area (Å²) in [5, 5.41) is 3.35. The molecular formula is C14H18N4. The Hall–Kier alpha value is -1.36. The molecule has 1 aromatic heterocycles. The molecule has 0 radical (unpaired) electrons. The van der Waals surface area contributed by atoms with Crippen LogP contribution in [0.1, 0.15) is 11.3 Å². The fourth-order valence-electron chi connectivity index (χ4n) is 3.38. The second-order valence-electron chi connectivity index (χ2n) is 5.45. The van der Waals surface area contributed by atoms with E-state index in [1.165, 1.54) is 22.2 Å². The molecule has 1 atom stereocenters. The van der Waals surface area contributed by atoms with Crippen molar-refractivity contribution >= 4 is 10.9 Å². The highest BCUT2D eigenvalue weighted by molar-refractivity contribution is 5.84. The van der Waals surface area contributed by atoms with Crippen molar-refractivity contribution in [3.05, 3.63) is 35.5 Å². The molecule has 18 heavy (non-hydrogen) atoms. The predicted molar refractivity (Wildman–Crippen MR) is 72.0 cm³/mol. The van der Waals surface area contributed by atoms with Crippen LogP contribution >= 0.6 is 0 Å². The monoisotopic (exact) mass is 242 g/mol. The number of hydrogen-bond donors (Lipinski definition) is 2. The Morgan fingerprint density at radius 2 is 2.11 bits per heavy atom. The van der Waals surface area contributed by atoms with Gasteiger partial charge in [-0.2, -0.15) is 0 Å². The van der Waals surface area contributed by atoms with Crippen molar-refractivity contribution in [3.8, 4) is 0 Å². The Morgan fingerprint density at radius 3 is 3.06 bits per heavy atom. The molecule has 0 saturated carbocycles. The molecule has 2 aliphatic heterocycles. The SMILES string of the molecule is NN1CCN2Cc3[nH]c4ccccc4c3CC2C1. The minimum Gasteiger partial charge on any atom is -0.357 e. The van der Waals surface area contributed by atoms with Crippen LogP contribution in [-0.2, 0) is 13.0 Å². The molecule has 0 bridgehead atoms. The molecule has 1 saturated heterocycles. The summed E-state index contributed by atoms with van der Waals surface area (Å²) >= 11 is 0. The van der Waals surface area contributed by atoms with Crippen LogP contribution < -0.4 is 5.84 Å². The standard InChI is InChI=1S/C14H18N4/c15-18-6-5-17-9-14-12(7-10(17)8-18)11-3-1-2-4-13(11)16-14/h1-4,10,16H,5-9,15H2. The van der Waals surface area contributed by atoms with Gasteiger partial charge >= 0.3 is 0 Å². The van der Waals surface area contributed by atoms with E-state index in [-0.39, 0.29) is 0 Å². The Bertz CT molecular complexity index is 588. The highest BCUT2D eigenvalue weighted by Crippen LogP contribution is 2.31. The fourth-order valence-corrected chi connectivity index (χ4v) is 3.38. The largest absolute Gasteiger partial charge is 0.357 e. The lowest BCUT2D eigenvalue weighted by atomic mass is 9.95. The highest BCUT2D eigenvalue weighted by atomic mass is 15.4. The van der Waals surface area contributed by atoms with Crippen LogP contribution in [0.5, 0.6) is 0 Å². The number of aromatic nitrogens is 1. The molecular weight excluding hydrogens is 224 g/mol. The van der Waals surface area contributed by atoms with E-state index in [1.54, 1.807) is 0 Å². The van der Waals surface area contributed by atoms with Crippen LogP contribution in [0.15, 0.2) is 24.3 Å². The van der Waals surface area contributed by atoms with Gasteiger partial charge in [0.05, 0.1) is 0 Å². The lowest BCUT2D eigenvalue weighted by Gasteiger charge is -2.42. The van der Waals surface area contributed by atoms with E-state index < -0.39 is 0 Å². The van der Waals surface area contributed by atoms with Gasteiger partial charge in [-0.3, -0.25) is 10.7 Å². The summed E-state index contributed by atoms with van der Waals surface area (Å²) < 4.78 is 0. The van der Waals surface area contributed by atoms with Crippen LogP contribution in [0.2, 0.25) is 0 Å².